The zero-order chi connectivity index (χ0) is 20.2. The smallest absolute Gasteiger partial charge is 0.257 e. The first kappa shape index (κ1) is 20.1. The molecular formula is C21H29N5O2S. The molecule has 0 aromatic carbocycles. The third-order valence-electron chi connectivity index (χ3n) is 6.01. The Kier molecular flexibility index (Phi) is 6.30. The lowest BCUT2D eigenvalue weighted by atomic mass is 9.94. The van der Waals surface area contributed by atoms with Gasteiger partial charge in [0.15, 0.2) is 0 Å². The number of likely N-dealkylation sites (N-methyl/N-ethyl adjacent to an activating group) is 1. The summed E-state index contributed by atoms with van der Waals surface area (Å²) in [6, 6.07) is 2.07. The highest BCUT2D eigenvalue weighted by Crippen LogP contribution is 2.24. The number of hydrogen-bond acceptors (Lipinski definition) is 5. The SMILES string of the molecule is CN1CCN(C(=O)c2cnn3c2C[C@H](CNC(=O)CCc2ccsc2)CC3)CC1. The lowest BCUT2D eigenvalue weighted by molar-refractivity contribution is -0.121. The van der Waals surface area contributed by atoms with E-state index in [4.69, 9.17) is 0 Å². The van der Waals surface area contributed by atoms with Crippen molar-refractivity contribution in [3.8, 4) is 0 Å². The van der Waals surface area contributed by atoms with Crippen LogP contribution in [0.4, 0.5) is 0 Å². The largest absolute Gasteiger partial charge is 0.356 e. The minimum Gasteiger partial charge on any atom is -0.356 e. The summed E-state index contributed by atoms with van der Waals surface area (Å²) in [7, 11) is 2.09. The molecule has 0 radical (unpaired) electrons. The van der Waals surface area contributed by atoms with E-state index in [0.29, 0.717) is 18.9 Å². The second-order valence-corrected chi connectivity index (χ2v) is 8.90. The second kappa shape index (κ2) is 9.09. The number of aryl methyl sites for hydroxylation is 2. The first-order valence-corrected chi connectivity index (χ1v) is 11.3. The van der Waals surface area contributed by atoms with Gasteiger partial charge in [0.2, 0.25) is 5.91 Å². The fourth-order valence-electron chi connectivity index (χ4n) is 4.07. The van der Waals surface area contributed by atoms with Crippen LogP contribution in [0.5, 0.6) is 0 Å². The minimum absolute atomic E-state index is 0.0970. The summed E-state index contributed by atoms with van der Waals surface area (Å²) >= 11 is 1.66. The average Bonchev–Trinajstić information content (AvgIpc) is 3.40. The van der Waals surface area contributed by atoms with Crippen molar-refractivity contribution < 1.29 is 9.59 Å². The highest BCUT2D eigenvalue weighted by Gasteiger charge is 2.29. The number of hydrogen-bond donors (Lipinski definition) is 1. The normalized spacial score (nSPS) is 19.8. The molecule has 4 rings (SSSR count). The van der Waals surface area contributed by atoms with Gasteiger partial charge in [-0.05, 0) is 54.6 Å². The monoisotopic (exact) mass is 415 g/mol. The van der Waals surface area contributed by atoms with Crippen molar-refractivity contribution in [2.24, 2.45) is 5.92 Å². The Bertz CT molecular complexity index is 839. The van der Waals surface area contributed by atoms with E-state index >= 15 is 0 Å². The highest BCUT2D eigenvalue weighted by molar-refractivity contribution is 7.07. The summed E-state index contributed by atoms with van der Waals surface area (Å²) in [5.74, 6) is 0.548. The molecule has 1 atom stereocenters. The Balaban J connectivity index is 1.30. The maximum absolute atomic E-state index is 13.0. The molecule has 2 aliphatic rings. The lowest BCUT2D eigenvalue weighted by Gasteiger charge is -2.32. The van der Waals surface area contributed by atoms with Crippen molar-refractivity contribution in [2.75, 3.05) is 39.8 Å². The third kappa shape index (κ3) is 4.87. The van der Waals surface area contributed by atoms with Crippen molar-refractivity contribution in [3.05, 3.63) is 39.8 Å². The summed E-state index contributed by atoms with van der Waals surface area (Å²) < 4.78 is 1.97. The zero-order valence-electron chi connectivity index (χ0n) is 17.0. The van der Waals surface area contributed by atoms with Crippen molar-refractivity contribution >= 4 is 23.2 Å². The van der Waals surface area contributed by atoms with Gasteiger partial charge in [-0.3, -0.25) is 14.3 Å². The second-order valence-electron chi connectivity index (χ2n) is 8.12. The van der Waals surface area contributed by atoms with Crippen LogP contribution in [0.15, 0.2) is 23.0 Å². The van der Waals surface area contributed by atoms with E-state index in [-0.39, 0.29) is 11.8 Å². The molecule has 156 valence electrons. The molecule has 2 aliphatic heterocycles. The first-order valence-electron chi connectivity index (χ1n) is 10.4. The molecule has 0 unspecified atom stereocenters. The van der Waals surface area contributed by atoms with Gasteiger partial charge in [0.05, 0.1) is 17.5 Å². The minimum atomic E-state index is 0.0970. The number of thiophene rings is 1. The molecule has 1 N–H and O–H groups in total. The number of aromatic nitrogens is 2. The van der Waals surface area contributed by atoms with Crippen molar-refractivity contribution in [1.29, 1.82) is 0 Å². The Labute approximate surface area is 175 Å². The summed E-state index contributed by atoms with van der Waals surface area (Å²) in [5.41, 5.74) is 2.99. The molecule has 7 nitrogen and oxygen atoms in total. The van der Waals surface area contributed by atoms with Gasteiger partial charge in [0, 0.05) is 45.7 Å². The van der Waals surface area contributed by atoms with Crippen LogP contribution in [0, 0.1) is 5.92 Å². The van der Waals surface area contributed by atoms with Crippen LogP contribution in [-0.4, -0.2) is 71.2 Å². The first-order chi connectivity index (χ1) is 14.1. The summed E-state index contributed by atoms with van der Waals surface area (Å²) in [6.07, 6.45) is 4.81. The van der Waals surface area contributed by atoms with Crippen molar-refractivity contribution in [3.63, 3.8) is 0 Å². The maximum atomic E-state index is 13.0. The maximum Gasteiger partial charge on any atom is 0.257 e. The number of carbonyl (C=O) groups is 2. The van der Waals surface area contributed by atoms with E-state index in [9.17, 15) is 9.59 Å². The van der Waals surface area contributed by atoms with E-state index in [0.717, 1.165) is 63.2 Å². The number of rotatable bonds is 6. The van der Waals surface area contributed by atoms with E-state index in [1.807, 2.05) is 15.0 Å². The highest BCUT2D eigenvalue weighted by atomic mass is 32.1. The molecule has 0 bridgehead atoms. The molecule has 0 saturated carbocycles. The number of carbonyl (C=O) groups excluding carboxylic acids is 2. The van der Waals surface area contributed by atoms with Crippen molar-refractivity contribution in [1.82, 2.24) is 24.9 Å². The van der Waals surface area contributed by atoms with Gasteiger partial charge < -0.3 is 15.1 Å². The predicted molar refractivity (Wildman–Crippen MR) is 113 cm³/mol. The van der Waals surface area contributed by atoms with E-state index in [2.05, 4.69) is 33.8 Å². The molecule has 1 saturated heterocycles. The van der Waals surface area contributed by atoms with Crippen LogP contribution in [-0.2, 0) is 24.2 Å². The summed E-state index contributed by atoms with van der Waals surface area (Å²) in [5, 5.41) is 11.7. The van der Waals surface area contributed by atoms with Gasteiger partial charge in [0.25, 0.3) is 5.91 Å². The van der Waals surface area contributed by atoms with E-state index in [1.165, 1.54) is 5.56 Å². The van der Waals surface area contributed by atoms with Crippen LogP contribution < -0.4 is 5.32 Å². The fraction of sp³-hybridized carbons (Fsp3) is 0.571. The molecule has 0 aliphatic carbocycles. The quantitative estimate of drug-likeness (QED) is 0.779. The Morgan fingerprint density at radius 2 is 2.07 bits per heavy atom. The standard InChI is InChI=1S/C21H29N5O2S/c1-24-7-9-25(10-8-24)21(28)18-14-23-26-6-4-17(12-19(18)26)13-22-20(27)3-2-16-5-11-29-15-16/h5,11,14-15,17H,2-4,6-10,12-13H2,1H3,(H,22,27)/t17-/m1/s1. The molecule has 2 amide bonds. The van der Waals surface area contributed by atoms with Gasteiger partial charge in [-0.2, -0.15) is 16.4 Å². The number of fused-ring (bicyclic) bond motifs is 1. The molecule has 8 heteroatoms. The number of nitrogens with one attached hydrogen (secondary N) is 1. The molecule has 1 fully saturated rings. The Morgan fingerprint density at radius 3 is 2.83 bits per heavy atom. The van der Waals surface area contributed by atoms with E-state index < -0.39 is 0 Å². The predicted octanol–water partition coefficient (Wildman–Crippen LogP) is 1.64. The molecular weight excluding hydrogens is 386 g/mol. The Morgan fingerprint density at radius 1 is 1.24 bits per heavy atom. The molecule has 29 heavy (non-hydrogen) atoms. The van der Waals surface area contributed by atoms with Crippen LogP contribution >= 0.6 is 11.3 Å². The topological polar surface area (TPSA) is 70.5 Å². The molecule has 4 heterocycles. The van der Waals surface area contributed by atoms with Gasteiger partial charge >= 0.3 is 0 Å². The lowest BCUT2D eigenvalue weighted by Crippen LogP contribution is -2.47. The Hall–Kier alpha value is -2.19. The third-order valence-corrected chi connectivity index (χ3v) is 6.74. The van der Waals surface area contributed by atoms with Crippen LogP contribution in [0.2, 0.25) is 0 Å². The molecule has 2 aromatic heterocycles. The number of piperazine rings is 1. The van der Waals surface area contributed by atoms with Crippen LogP contribution in [0.25, 0.3) is 0 Å². The summed E-state index contributed by atoms with van der Waals surface area (Å²) in [6.45, 7) is 4.83. The molecule has 2 aromatic rings. The van der Waals surface area contributed by atoms with Crippen LogP contribution in [0.3, 0.4) is 0 Å². The van der Waals surface area contributed by atoms with Crippen LogP contribution in [0.1, 0.15) is 34.5 Å². The average molecular weight is 416 g/mol. The fourth-order valence-corrected chi connectivity index (χ4v) is 4.77. The summed E-state index contributed by atoms with van der Waals surface area (Å²) in [4.78, 5) is 29.4. The van der Waals surface area contributed by atoms with Crippen molar-refractivity contribution in [2.45, 2.75) is 32.2 Å². The number of amides is 2. The zero-order valence-corrected chi connectivity index (χ0v) is 17.8. The number of nitrogens with zero attached hydrogens (tertiary/aromatic N) is 4. The molecule has 0 spiro atoms. The van der Waals surface area contributed by atoms with E-state index in [1.54, 1.807) is 17.5 Å². The van der Waals surface area contributed by atoms with Gasteiger partial charge in [-0.1, -0.05) is 0 Å². The van der Waals surface area contributed by atoms with Gasteiger partial charge in [-0.15, -0.1) is 0 Å². The van der Waals surface area contributed by atoms with Gasteiger partial charge in [0.1, 0.15) is 0 Å². The van der Waals surface area contributed by atoms with Gasteiger partial charge in [-0.25, -0.2) is 0 Å².